The van der Waals surface area contributed by atoms with Crippen LogP contribution in [0, 0.1) is 26.2 Å². The Bertz CT molecular complexity index is 548. The van der Waals surface area contributed by atoms with Crippen LogP contribution in [-0.4, -0.2) is 59.1 Å². The SMILES string of the molecule is Cc1nn(CCC(=O)N(C)CC2(CO)CCOCC2)c(C)c1C. The lowest BCUT2D eigenvalue weighted by molar-refractivity contribution is -0.133. The number of aryl methyl sites for hydroxylation is 2. The van der Waals surface area contributed by atoms with Gasteiger partial charge in [0.25, 0.3) is 0 Å². The molecule has 1 aromatic rings. The summed E-state index contributed by atoms with van der Waals surface area (Å²) in [6.45, 7) is 8.68. The number of hydrogen-bond donors (Lipinski definition) is 1. The number of aromatic nitrogens is 2. The summed E-state index contributed by atoms with van der Waals surface area (Å²) in [4.78, 5) is 14.2. The summed E-state index contributed by atoms with van der Waals surface area (Å²) < 4.78 is 7.28. The second-order valence-corrected chi connectivity index (χ2v) is 6.79. The summed E-state index contributed by atoms with van der Waals surface area (Å²) in [7, 11) is 1.82. The molecular weight excluding hydrogens is 294 g/mol. The molecule has 130 valence electrons. The van der Waals surface area contributed by atoms with Crippen molar-refractivity contribution in [2.45, 2.75) is 46.6 Å². The first kappa shape index (κ1) is 17.9. The van der Waals surface area contributed by atoms with Gasteiger partial charge in [-0.2, -0.15) is 5.10 Å². The summed E-state index contributed by atoms with van der Waals surface area (Å²) in [5.74, 6) is 0.0922. The summed E-state index contributed by atoms with van der Waals surface area (Å²) in [5.41, 5.74) is 3.11. The van der Waals surface area contributed by atoms with Crippen molar-refractivity contribution in [2.24, 2.45) is 5.41 Å². The lowest BCUT2D eigenvalue weighted by Gasteiger charge is -2.38. The van der Waals surface area contributed by atoms with Crippen LogP contribution in [0.2, 0.25) is 0 Å². The maximum atomic E-state index is 12.4. The van der Waals surface area contributed by atoms with Gasteiger partial charge in [-0.05, 0) is 39.2 Å². The molecule has 1 N–H and O–H groups in total. The van der Waals surface area contributed by atoms with Crippen LogP contribution in [0.4, 0.5) is 0 Å². The Morgan fingerprint density at radius 3 is 2.52 bits per heavy atom. The maximum absolute atomic E-state index is 12.4. The molecule has 0 spiro atoms. The molecule has 0 atom stereocenters. The van der Waals surface area contributed by atoms with Crippen molar-refractivity contribution >= 4 is 5.91 Å². The lowest BCUT2D eigenvalue weighted by atomic mass is 9.80. The van der Waals surface area contributed by atoms with E-state index in [0.717, 1.165) is 24.2 Å². The highest BCUT2D eigenvalue weighted by molar-refractivity contribution is 5.75. The first-order valence-corrected chi connectivity index (χ1v) is 8.32. The standard InChI is InChI=1S/C17H29N3O3/c1-13-14(2)18-20(15(13)3)8-5-16(22)19(4)11-17(12-21)6-9-23-10-7-17/h21H,5-12H2,1-4H3. The topological polar surface area (TPSA) is 67.6 Å². The predicted molar refractivity (Wildman–Crippen MR) is 88.3 cm³/mol. The van der Waals surface area contributed by atoms with Crippen molar-refractivity contribution in [2.75, 3.05) is 33.4 Å². The van der Waals surface area contributed by atoms with E-state index in [1.807, 2.05) is 25.6 Å². The van der Waals surface area contributed by atoms with Crippen LogP contribution in [0.1, 0.15) is 36.2 Å². The van der Waals surface area contributed by atoms with Crippen LogP contribution in [0.5, 0.6) is 0 Å². The van der Waals surface area contributed by atoms with Gasteiger partial charge in [0, 0.05) is 50.9 Å². The molecule has 23 heavy (non-hydrogen) atoms. The second-order valence-electron chi connectivity index (χ2n) is 6.79. The largest absolute Gasteiger partial charge is 0.396 e. The average molecular weight is 323 g/mol. The minimum Gasteiger partial charge on any atom is -0.396 e. The molecule has 6 heteroatoms. The maximum Gasteiger partial charge on any atom is 0.224 e. The summed E-state index contributed by atoms with van der Waals surface area (Å²) in [5, 5.41) is 14.2. The number of aliphatic hydroxyl groups excluding tert-OH is 1. The zero-order valence-corrected chi connectivity index (χ0v) is 14.8. The molecule has 2 heterocycles. The monoisotopic (exact) mass is 323 g/mol. The Morgan fingerprint density at radius 2 is 2.00 bits per heavy atom. The molecule has 1 aliphatic rings. The van der Waals surface area contributed by atoms with Gasteiger partial charge >= 0.3 is 0 Å². The fraction of sp³-hybridized carbons (Fsp3) is 0.765. The second kappa shape index (κ2) is 7.45. The molecule has 0 aromatic carbocycles. The molecule has 0 saturated carbocycles. The smallest absolute Gasteiger partial charge is 0.224 e. The van der Waals surface area contributed by atoms with Crippen molar-refractivity contribution in [1.29, 1.82) is 0 Å². The highest BCUT2D eigenvalue weighted by Crippen LogP contribution is 2.30. The first-order chi connectivity index (χ1) is 10.9. The Hall–Kier alpha value is -1.40. The molecule has 1 fully saturated rings. The molecular formula is C17H29N3O3. The number of ether oxygens (including phenoxy) is 1. The van der Waals surface area contributed by atoms with Gasteiger partial charge in [-0.25, -0.2) is 0 Å². The van der Waals surface area contributed by atoms with E-state index < -0.39 is 0 Å². The van der Waals surface area contributed by atoms with Gasteiger partial charge in [0.05, 0.1) is 12.3 Å². The van der Waals surface area contributed by atoms with Gasteiger partial charge < -0.3 is 14.7 Å². The molecule has 0 aliphatic carbocycles. The quantitative estimate of drug-likeness (QED) is 0.860. The number of aliphatic hydroxyl groups is 1. The van der Waals surface area contributed by atoms with Gasteiger partial charge in [0.15, 0.2) is 0 Å². The van der Waals surface area contributed by atoms with E-state index in [1.54, 1.807) is 4.90 Å². The van der Waals surface area contributed by atoms with Crippen molar-refractivity contribution < 1.29 is 14.6 Å². The fourth-order valence-corrected chi connectivity index (χ4v) is 3.16. The van der Waals surface area contributed by atoms with Crippen LogP contribution < -0.4 is 0 Å². The zero-order chi connectivity index (χ0) is 17.0. The summed E-state index contributed by atoms with van der Waals surface area (Å²) in [6.07, 6.45) is 2.03. The van der Waals surface area contributed by atoms with Gasteiger partial charge in [-0.15, -0.1) is 0 Å². The van der Waals surface area contributed by atoms with Gasteiger partial charge in [0.1, 0.15) is 0 Å². The molecule has 1 aromatic heterocycles. The lowest BCUT2D eigenvalue weighted by Crippen LogP contribution is -2.44. The van der Waals surface area contributed by atoms with E-state index in [1.165, 1.54) is 5.56 Å². The molecule has 6 nitrogen and oxygen atoms in total. The van der Waals surface area contributed by atoms with Crippen LogP contribution in [-0.2, 0) is 16.1 Å². The molecule has 0 radical (unpaired) electrons. The molecule has 1 saturated heterocycles. The van der Waals surface area contributed by atoms with Crippen LogP contribution in [0.3, 0.4) is 0 Å². The Kier molecular flexibility index (Phi) is 5.81. The zero-order valence-electron chi connectivity index (χ0n) is 14.8. The molecule has 0 unspecified atom stereocenters. The number of rotatable bonds is 6. The van der Waals surface area contributed by atoms with E-state index in [-0.39, 0.29) is 17.9 Å². The molecule has 1 aliphatic heterocycles. The first-order valence-electron chi connectivity index (χ1n) is 8.32. The van der Waals surface area contributed by atoms with E-state index in [9.17, 15) is 9.90 Å². The highest BCUT2D eigenvalue weighted by Gasteiger charge is 2.34. The Morgan fingerprint density at radius 1 is 1.35 bits per heavy atom. The van der Waals surface area contributed by atoms with Gasteiger partial charge in [-0.3, -0.25) is 9.48 Å². The van der Waals surface area contributed by atoms with Gasteiger partial charge in [0.2, 0.25) is 5.91 Å². The van der Waals surface area contributed by atoms with Gasteiger partial charge in [-0.1, -0.05) is 0 Å². The van der Waals surface area contributed by atoms with Crippen LogP contribution in [0.15, 0.2) is 0 Å². The predicted octanol–water partition coefficient (Wildman–Crippen LogP) is 1.45. The van der Waals surface area contributed by atoms with Crippen molar-refractivity contribution in [1.82, 2.24) is 14.7 Å². The summed E-state index contributed by atoms with van der Waals surface area (Å²) >= 11 is 0. The summed E-state index contributed by atoms with van der Waals surface area (Å²) in [6, 6.07) is 0. The number of carbonyl (C=O) groups is 1. The van der Waals surface area contributed by atoms with E-state index >= 15 is 0 Å². The molecule has 2 rings (SSSR count). The normalized spacial score (nSPS) is 17.3. The van der Waals surface area contributed by atoms with E-state index in [2.05, 4.69) is 12.0 Å². The third-order valence-electron chi connectivity index (χ3n) is 5.17. The molecule has 1 amide bonds. The highest BCUT2D eigenvalue weighted by atomic mass is 16.5. The number of amides is 1. The van der Waals surface area contributed by atoms with Crippen LogP contribution in [0.25, 0.3) is 0 Å². The van der Waals surface area contributed by atoms with Crippen molar-refractivity contribution in [3.63, 3.8) is 0 Å². The molecule has 0 bridgehead atoms. The van der Waals surface area contributed by atoms with Crippen molar-refractivity contribution in [3.8, 4) is 0 Å². The number of hydrogen-bond acceptors (Lipinski definition) is 4. The minimum atomic E-state index is -0.211. The Balaban J connectivity index is 1.90. The Labute approximate surface area is 138 Å². The number of nitrogens with zero attached hydrogens (tertiary/aromatic N) is 3. The third kappa shape index (κ3) is 4.12. The minimum absolute atomic E-state index is 0.0922. The van der Waals surface area contributed by atoms with E-state index in [0.29, 0.717) is 32.7 Å². The fourth-order valence-electron chi connectivity index (χ4n) is 3.16. The number of carbonyl (C=O) groups excluding carboxylic acids is 1. The van der Waals surface area contributed by atoms with E-state index in [4.69, 9.17) is 4.74 Å². The third-order valence-corrected chi connectivity index (χ3v) is 5.17. The van der Waals surface area contributed by atoms with Crippen molar-refractivity contribution in [3.05, 3.63) is 17.0 Å². The average Bonchev–Trinajstić information content (AvgIpc) is 2.80. The van der Waals surface area contributed by atoms with Crippen LogP contribution >= 0.6 is 0 Å².